The van der Waals surface area contributed by atoms with Crippen molar-refractivity contribution in [2.45, 2.75) is 27.4 Å². The third kappa shape index (κ3) is 5.39. The maximum atomic E-state index is 13.0. The van der Waals surface area contributed by atoms with Gasteiger partial charge in [0.1, 0.15) is 12.4 Å². The van der Waals surface area contributed by atoms with Crippen LogP contribution in [0.1, 0.15) is 29.4 Å². The number of nitrogens with zero attached hydrogens (tertiary/aromatic N) is 3. The standard InChI is InChI=1S/C26H23Br2N3O3/c1-4-33-24-11-19(22(28)13-25(24)34-15-18-7-5-6-16(2)10-18)14-29-31-17(3)30-23-9-8-20(27)12-21(23)26(31)32/h5-14H,4,15H2,1-3H3. The second-order valence-electron chi connectivity index (χ2n) is 7.71. The molecule has 0 fully saturated rings. The van der Waals surface area contributed by atoms with Crippen LogP contribution in [-0.4, -0.2) is 22.5 Å². The Morgan fingerprint density at radius 2 is 1.82 bits per heavy atom. The fraction of sp³-hybridized carbons (Fsp3) is 0.192. The fourth-order valence-electron chi connectivity index (χ4n) is 3.51. The number of rotatable bonds is 7. The van der Waals surface area contributed by atoms with Crippen LogP contribution in [0, 0.1) is 13.8 Å². The lowest BCUT2D eigenvalue weighted by molar-refractivity contribution is 0.269. The van der Waals surface area contributed by atoms with Crippen molar-refractivity contribution in [1.29, 1.82) is 0 Å². The highest BCUT2D eigenvalue weighted by atomic mass is 79.9. The van der Waals surface area contributed by atoms with E-state index in [4.69, 9.17) is 9.47 Å². The molecule has 0 saturated heterocycles. The molecule has 0 saturated carbocycles. The lowest BCUT2D eigenvalue weighted by Crippen LogP contribution is -2.20. The first-order chi connectivity index (χ1) is 16.4. The smallest absolute Gasteiger partial charge is 0.282 e. The van der Waals surface area contributed by atoms with Crippen LogP contribution >= 0.6 is 31.9 Å². The van der Waals surface area contributed by atoms with Gasteiger partial charge in [-0.15, -0.1) is 0 Å². The van der Waals surface area contributed by atoms with E-state index in [9.17, 15) is 4.79 Å². The van der Waals surface area contributed by atoms with Gasteiger partial charge in [-0.2, -0.15) is 9.78 Å². The molecule has 4 rings (SSSR count). The van der Waals surface area contributed by atoms with E-state index in [1.165, 1.54) is 10.2 Å². The highest BCUT2D eigenvalue weighted by molar-refractivity contribution is 9.10. The van der Waals surface area contributed by atoms with Crippen LogP contribution in [-0.2, 0) is 6.61 Å². The molecule has 3 aromatic carbocycles. The van der Waals surface area contributed by atoms with E-state index < -0.39 is 0 Å². The predicted octanol–water partition coefficient (Wildman–Crippen LogP) is 6.40. The molecule has 0 amide bonds. The van der Waals surface area contributed by atoms with Crippen LogP contribution in [0.4, 0.5) is 0 Å². The van der Waals surface area contributed by atoms with Crippen molar-refractivity contribution >= 4 is 49.0 Å². The Labute approximate surface area is 214 Å². The van der Waals surface area contributed by atoms with Gasteiger partial charge in [-0.1, -0.05) is 45.8 Å². The Balaban J connectivity index is 1.66. The van der Waals surface area contributed by atoms with Crippen molar-refractivity contribution in [1.82, 2.24) is 9.66 Å². The molecule has 0 radical (unpaired) electrons. The number of aromatic nitrogens is 2. The Kier molecular flexibility index (Phi) is 7.48. The summed E-state index contributed by atoms with van der Waals surface area (Å²) < 4.78 is 14.7. The van der Waals surface area contributed by atoms with Crippen LogP contribution in [0.25, 0.3) is 10.9 Å². The molecule has 4 aromatic rings. The third-order valence-corrected chi connectivity index (χ3v) is 6.30. The molecular formula is C26H23Br2N3O3. The van der Waals surface area contributed by atoms with Gasteiger partial charge in [0.25, 0.3) is 5.56 Å². The minimum absolute atomic E-state index is 0.237. The summed E-state index contributed by atoms with van der Waals surface area (Å²) in [6.45, 7) is 6.64. The monoisotopic (exact) mass is 583 g/mol. The predicted molar refractivity (Wildman–Crippen MR) is 142 cm³/mol. The molecule has 0 aliphatic carbocycles. The van der Waals surface area contributed by atoms with Crippen LogP contribution < -0.4 is 15.0 Å². The van der Waals surface area contributed by atoms with E-state index in [0.29, 0.717) is 41.4 Å². The SMILES string of the molecule is CCOc1cc(C=Nn2c(C)nc3ccc(Br)cc3c2=O)c(Br)cc1OCc1cccc(C)c1. The van der Waals surface area contributed by atoms with Gasteiger partial charge in [0, 0.05) is 14.5 Å². The van der Waals surface area contributed by atoms with Gasteiger partial charge in [-0.3, -0.25) is 4.79 Å². The van der Waals surface area contributed by atoms with E-state index >= 15 is 0 Å². The van der Waals surface area contributed by atoms with Crippen molar-refractivity contribution in [3.63, 3.8) is 0 Å². The van der Waals surface area contributed by atoms with Crippen molar-refractivity contribution in [2.75, 3.05) is 6.61 Å². The molecule has 34 heavy (non-hydrogen) atoms. The quantitative estimate of drug-likeness (QED) is 0.236. The average molecular weight is 585 g/mol. The topological polar surface area (TPSA) is 65.7 Å². The zero-order chi connectivity index (χ0) is 24.2. The van der Waals surface area contributed by atoms with E-state index in [-0.39, 0.29) is 5.56 Å². The van der Waals surface area contributed by atoms with Crippen molar-refractivity contribution in [2.24, 2.45) is 5.10 Å². The van der Waals surface area contributed by atoms with Gasteiger partial charge < -0.3 is 9.47 Å². The maximum Gasteiger partial charge on any atom is 0.282 e. The fourth-order valence-corrected chi connectivity index (χ4v) is 4.30. The minimum Gasteiger partial charge on any atom is -0.490 e. The molecule has 0 spiro atoms. The van der Waals surface area contributed by atoms with Gasteiger partial charge in [-0.05, 0) is 72.6 Å². The van der Waals surface area contributed by atoms with Crippen LogP contribution in [0.2, 0.25) is 0 Å². The summed E-state index contributed by atoms with van der Waals surface area (Å²) in [5.41, 5.74) is 3.40. The van der Waals surface area contributed by atoms with E-state index in [2.05, 4.69) is 61.0 Å². The Morgan fingerprint density at radius 3 is 2.59 bits per heavy atom. The van der Waals surface area contributed by atoms with Gasteiger partial charge in [0.15, 0.2) is 11.5 Å². The molecule has 0 aliphatic heterocycles. The Morgan fingerprint density at radius 1 is 1.03 bits per heavy atom. The first-order valence-corrected chi connectivity index (χ1v) is 12.3. The van der Waals surface area contributed by atoms with Gasteiger partial charge in [0.2, 0.25) is 0 Å². The summed E-state index contributed by atoms with van der Waals surface area (Å²) in [6, 6.07) is 17.3. The second-order valence-corrected chi connectivity index (χ2v) is 9.48. The first-order valence-electron chi connectivity index (χ1n) is 10.7. The average Bonchev–Trinajstić information content (AvgIpc) is 2.80. The number of halogens is 2. The molecule has 174 valence electrons. The normalized spacial score (nSPS) is 11.3. The van der Waals surface area contributed by atoms with Crippen LogP contribution in [0.5, 0.6) is 11.5 Å². The van der Waals surface area contributed by atoms with Crippen molar-refractivity contribution in [3.8, 4) is 11.5 Å². The zero-order valence-electron chi connectivity index (χ0n) is 19.0. The second kappa shape index (κ2) is 10.5. The van der Waals surface area contributed by atoms with Crippen LogP contribution in [0.3, 0.4) is 0 Å². The number of fused-ring (bicyclic) bond motifs is 1. The number of aryl methyl sites for hydroxylation is 2. The zero-order valence-corrected chi connectivity index (χ0v) is 22.2. The molecule has 1 heterocycles. The van der Waals surface area contributed by atoms with Crippen LogP contribution in [0.15, 0.2) is 73.4 Å². The molecule has 0 bridgehead atoms. The van der Waals surface area contributed by atoms with Crippen molar-refractivity contribution < 1.29 is 9.47 Å². The van der Waals surface area contributed by atoms with Gasteiger partial charge in [-0.25, -0.2) is 4.98 Å². The summed E-state index contributed by atoms with van der Waals surface area (Å²) in [5, 5.41) is 4.92. The van der Waals surface area contributed by atoms with Gasteiger partial charge in [0.05, 0.1) is 23.7 Å². The highest BCUT2D eigenvalue weighted by Gasteiger charge is 2.12. The van der Waals surface area contributed by atoms with E-state index in [0.717, 1.165) is 20.1 Å². The number of ether oxygens (including phenoxy) is 2. The maximum absolute atomic E-state index is 13.0. The van der Waals surface area contributed by atoms with Crippen molar-refractivity contribution in [3.05, 3.63) is 96.4 Å². The molecular weight excluding hydrogens is 562 g/mol. The number of hydrogen-bond acceptors (Lipinski definition) is 5. The minimum atomic E-state index is -0.237. The van der Waals surface area contributed by atoms with E-state index in [1.807, 2.05) is 43.3 Å². The highest BCUT2D eigenvalue weighted by Crippen LogP contribution is 2.34. The summed E-state index contributed by atoms with van der Waals surface area (Å²) in [5.74, 6) is 1.72. The molecule has 0 N–H and O–H groups in total. The molecule has 8 heteroatoms. The Hall–Kier alpha value is -2.97. The van der Waals surface area contributed by atoms with E-state index in [1.54, 1.807) is 19.2 Å². The first kappa shape index (κ1) is 24.2. The summed E-state index contributed by atoms with van der Waals surface area (Å²) in [4.78, 5) is 17.5. The third-order valence-electron chi connectivity index (χ3n) is 5.12. The number of benzene rings is 3. The molecule has 0 unspecified atom stereocenters. The molecule has 1 aromatic heterocycles. The molecule has 0 atom stereocenters. The lowest BCUT2D eigenvalue weighted by Gasteiger charge is -2.14. The summed E-state index contributed by atoms with van der Waals surface area (Å²) in [6.07, 6.45) is 1.61. The van der Waals surface area contributed by atoms with Gasteiger partial charge >= 0.3 is 0 Å². The lowest BCUT2D eigenvalue weighted by atomic mass is 10.1. The largest absolute Gasteiger partial charge is 0.490 e. The summed E-state index contributed by atoms with van der Waals surface area (Å²) >= 11 is 7.00. The Bertz CT molecular complexity index is 1450. The molecule has 0 aliphatic rings. The number of hydrogen-bond donors (Lipinski definition) is 0. The molecule has 6 nitrogen and oxygen atoms in total. The summed E-state index contributed by atoms with van der Waals surface area (Å²) in [7, 11) is 0.